The van der Waals surface area contributed by atoms with Gasteiger partial charge in [0.2, 0.25) is 5.91 Å². The van der Waals surface area contributed by atoms with Crippen molar-refractivity contribution < 1.29 is 23.8 Å². The van der Waals surface area contributed by atoms with Crippen molar-refractivity contribution in [1.82, 2.24) is 4.90 Å². The SMILES string of the molecule is COc1cc2c(cc1OC(C)C)C(c1ccc(Cl)cc1)N(C1CCC(C(C)(O)c3cccc(F)c3)CC1)C(=O)C2. The molecule has 0 saturated heterocycles. The minimum atomic E-state index is -1.15. The first kappa shape index (κ1) is 28.4. The Morgan fingerprint density at radius 3 is 2.35 bits per heavy atom. The molecule has 212 valence electrons. The third-order valence-electron chi connectivity index (χ3n) is 8.47. The summed E-state index contributed by atoms with van der Waals surface area (Å²) in [5.74, 6) is 0.935. The molecule has 40 heavy (non-hydrogen) atoms. The largest absolute Gasteiger partial charge is 0.493 e. The molecular formula is C33H37ClFNO4. The number of carbonyl (C=O) groups excluding carboxylic acids is 1. The fourth-order valence-electron chi connectivity index (χ4n) is 6.43. The van der Waals surface area contributed by atoms with Gasteiger partial charge >= 0.3 is 0 Å². The number of fused-ring (bicyclic) bond motifs is 1. The van der Waals surface area contributed by atoms with Crippen LogP contribution in [0.5, 0.6) is 11.5 Å². The quantitative estimate of drug-likeness (QED) is 0.329. The van der Waals surface area contributed by atoms with Crippen molar-refractivity contribution in [2.24, 2.45) is 5.92 Å². The second-order valence-corrected chi connectivity index (χ2v) is 11.9. The Morgan fingerprint density at radius 1 is 1.02 bits per heavy atom. The number of methoxy groups -OCH3 is 1. The van der Waals surface area contributed by atoms with Gasteiger partial charge in [0.1, 0.15) is 5.82 Å². The van der Waals surface area contributed by atoms with E-state index in [2.05, 4.69) is 0 Å². The van der Waals surface area contributed by atoms with Crippen LogP contribution in [-0.2, 0) is 16.8 Å². The van der Waals surface area contributed by atoms with E-state index in [4.69, 9.17) is 21.1 Å². The lowest BCUT2D eigenvalue weighted by Crippen LogP contribution is -2.49. The Bertz CT molecular complexity index is 1370. The number of hydrogen-bond acceptors (Lipinski definition) is 4. The maximum atomic E-state index is 13.9. The average Bonchev–Trinajstić information content (AvgIpc) is 2.92. The average molecular weight is 566 g/mol. The van der Waals surface area contributed by atoms with Crippen LogP contribution < -0.4 is 9.47 Å². The fourth-order valence-corrected chi connectivity index (χ4v) is 6.56. The number of carbonyl (C=O) groups is 1. The first-order valence-corrected chi connectivity index (χ1v) is 14.4. The lowest BCUT2D eigenvalue weighted by Gasteiger charge is -2.46. The minimum absolute atomic E-state index is 0.00236. The van der Waals surface area contributed by atoms with E-state index < -0.39 is 5.60 Å². The van der Waals surface area contributed by atoms with Crippen LogP contribution in [-0.4, -0.2) is 35.2 Å². The zero-order valence-electron chi connectivity index (χ0n) is 23.5. The Kier molecular flexibility index (Phi) is 8.12. The molecule has 1 fully saturated rings. The van der Waals surface area contributed by atoms with Gasteiger partial charge in [-0.2, -0.15) is 0 Å². The van der Waals surface area contributed by atoms with Gasteiger partial charge in [-0.3, -0.25) is 4.79 Å². The number of hydrogen-bond donors (Lipinski definition) is 1. The Morgan fingerprint density at radius 2 is 1.73 bits per heavy atom. The molecular weight excluding hydrogens is 529 g/mol. The molecule has 1 aliphatic heterocycles. The molecule has 2 unspecified atom stereocenters. The fraction of sp³-hybridized carbons (Fsp3) is 0.424. The summed E-state index contributed by atoms with van der Waals surface area (Å²) in [7, 11) is 1.61. The smallest absolute Gasteiger partial charge is 0.228 e. The predicted octanol–water partition coefficient (Wildman–Crippen LogP) is 7.22. The van der Waals surface area contributed by atoms with Crippen LogP contribution in [0, 0.1) is 11.7 Å². The van der Waals surface area contributed by atoms with Gasteiger partial charge in [0.25, 0.3) is 0 Å². The molecule has 2 aliphatic rings. The molecule has 1 heterocycles. The van der Waals surface area contributed by atoms with Crippen molar-refractivity contribution in [1.29, 1.82) is 0 Å². The lowest BCUT2D eigenvalue weighted by atomic mass is 9.72. The second kappa shape index (κ2) is 11.4. The molecule has 0 bridgehead atoms. The molecule has 1 amide bonds. The maximum absolute atomic E-state index is 13.9. The van der Waals surface area contributed by atoms with Gasteiger partial charge in [-0.25, -0.2) is 4.39 Å². The maximum Gasteiger partial charge on any atom is 0.228 e. The third kappa shape index (κ3) is 5.57. The highest BCUT2D eigenvalue weighted by atomic mass is 35.5. The summed E-state index contributed by atoms with van der Waals surface area (Å²) >= 11 is 6.24. The monoisotopic (exact) mass is 565 g/mol. The minimum Gasteiger partial charge on any atom is -0.493 e. The van der Waals surface area contributed by atoms with Crippen molar-refractivity contribution in [2.75, 3.05) is 7.11 Å². The number of ether oxygens (including phenoxy) is 2. The van der Waals surface area contributed by atoms with Crippen molar-refractivity contribution in [3.63, 3.8) is 0 Å². The van der Waals surface area contributed by atoms with Gasteiger partial charge in [0, 0.05) is 11.1 Å². The van der Waals surface area contributed by atoms with E-state index in [0.29, 0.717) is 22.1 Å². The van der Waals surface area contributed by atoms with Crippen LogP contribution >= 0.6 is 11.6 Å². The number of benzene rings is 3. The molecule has 0 radical (unpaired) electrons. The van der Waals surface area contributed by atoms with Gasteiger partial charge in [-0.15, -0.1) is 0 Å². The predicted molar refractivity (Wildman–Crippen MR) is 154 cm³/mol. The van der Waals surface area contributed by atoms with E-state index in [9.17, 15) is 14.3 Å². The summed E-state index contributed by atoms with van der Waals surface area (Å²) in [6.45, 7) is 5.72. The van der Waals surface area contributed by atoms with Crippen molar-refractivity contribution in [2.45, 2.75) is 76.7 Å². The van der Waals surface area contributed by atoms with Crippen molar-refractivity contribution >= 4 is 17.5 Å². The molecule has 5 rings (SSSR count). The normalized spacial score (nSPS) is 22.6. The van der Waals surface area contributed by atoms with Crippen LogP contribution in [0.4, 0.5) is 4.39 Å². The van der Waals surface area contributed by atoms with E-state index in [1.54, 1.807) is 26.2 Å². The van der Waals surface area contributed by atoms with E-state index in [0.717, 1.165) is 42.4 Å². The van der Waals surface area contributed by atoms with Gasteiger partial charge < -0.3 is 19.5 Å². The summed E-state index contributed by atoms with van der Waals surface area (Å²) in [6, 6.07) is 17.5. The Balaban J connectivity index is 1.48. The highest BCUT2D eigenvalue weighted by molar-refractivity contribution is 6.30. The van der Waals surface area contributed by atoms with Gasteiger partial charge in [-0.1, -0.05) is 35.9 Å². The van der Waals surface area contributed by atoms with Crippen LogP contribution in [0.2, 0.25) is 5.02 Å². The van der Waals surface area contributed by atoms with Crippen LogP contribution in [0.25, 0.3) is 0 Å². The number of halogens is 2. The Hall–Kier alpha value is -3.09. The summed E-state index contributed by atoms with van der Waals surface area (Å²) in [6.07, 6.45) is 3.17. The Labute approximate surface area is 240 Å². The van der Waals surface area contributed by atoms with E-state index in [1.807, 2.05) is 55.1 Å². The molecule has 1 N–H and O–H groups in total. The summed E-state index contributed by atoms with van der Waals surface area (Å²) in [5, 5.41) is 12.1. The number of nitrogens with zero attached hydrogens (tertiary/aromatic N) is 1. The summed E-state index contributed by atoms with van der Waals surface area (Å²) in [4.78, 5) is 15.9. The first-order valence-electron chi connectivity index (χ1n) is 14.0. The molecule has 3 aromatic carbocycles. The van der Waals surface area contributed by atoms with Gasteiger partial charge in [0.05, 0.1) is 31.3 Å². The van der Waals surface area contributed by atoms with Gasteiger partial charge in [0.15, 0.2) is 11.5 Å². The van der Waals surface area contributed by atoms with E-state index in [1.165, 1.54) is 12.1 Å². The van der Waals surface area contributed by atoms with Crippen LogP contribution in [0.1, 0.15) is 74.8 Å². The highest BCUT2D eigenvalue weighted by Gasteiger charge is 2.43. The lowest BCUT2D eigenvalue weighted by molar-refractivity contribution is -0.137. The van der Waals surface area contributed by atoms with E-state index in [-0.39, 0.29) is 42.3 Å². The van der Waals surface area contributed by atoms with Crippen molar-refractivity contribution in [3.8, 4) is 11.5 Å². The molecule has 1 aliphatic carbocycles. The molecule has 0 aromatic heterocycles. The zero-order chi connectivity index (χ0) is 28.6. The van der Waals surface area contributed by atoms with Gasteiger partial charge in [-0.05, 0) is 111 Å². The summed E-state index contributed by atoms with van der Waals surface area (Å²) < 4.78 is 25.7. The number of aliphatic hydroxyl groups is 1. The van der Waals surface area contributed by atoms with Crippen molar-refractivity contribution in [3.05, 3.63) is 93.8 Å². The number of amides is 1. The highest BCUT2D eigenvalue weighted by Crippen LogP contribution is 2.46. The standard InChI is InChI=1S/C33H37ClFNO4/c1-20(2)40-30-19-28-22(16-29(30)39-4)17-31(37)36(32(28)21-8-12-25(34)13-9-21)27-14-10-23(11-15-27)33(3,38)24-6-5-7-26(35)18-24/h5-9,12-13,16,18-20,23,27,32,38H,10-11,14-15,17H2,1-4H3. The molecule has 7 heteroatoms. The third-order valence-corrected chi connectivity index (χ3v) is 8.72. The molecule has 0 spiro atoms. The van der Waals surface area contributed by atoms with Crippen LogP contribution in [0.3, 0.4) is 0 Å². The second-order valence-electron chi connectivity index (χ2n) is 11.5. The topological polar surface area (TPSA) is 59.0 Å². The van der Waals surface area contributed by atoms with E-state index >= 15 is 0 Å². The molecule has 1 saturated carbocycles. The number of rotatable bonds is 7. The molecule has 2 atom stereocenters. The molecule has 5 nitrogen and oxygen atoms in total. The first-order chi connectivity index (χ1) is 19.1. The van der Waals surface area contributed by atoms with Crippen LogP contribution in [0.15, 0.2) is 60.7 Å². The molecule has 3 aromatic rings. The summed E-state index contributed by atoms with van der Waals surface area (Å²) in [5.41, 5.74) is 2.36. The zero-order valence-corrected chi connectivity index (χ0v) is 24.2.